The third kappa shape index (κ3) is 33.4. The fourth-order valence-corrected chi connectivity index (χ4v) is 8.31. The van der Waals surface area contributed by atoms with E-state index in [0.717, 1.165) is 64.2 Å². The van der Waals surface area contributed by atoms with Gasteiger partial charge in [0.15, 0.2) is 6.10 Å². The Labute approximate surface area is 425 Å². The smallest absolute Gasteiger partial charge is 0.462 e. The molecular formula is C51H82O19P2. The average Bonchev–Trinajstić information content (AvgIpc) is 3.33. The lowest BCUT2D eigenvalue weighted by Gasteiger charge is -2.43. The highest BCUT2D eigenvalue weighted by Crippen LogP contribution is 2.49. The Morgan fingerprint density at radius 1 is 0.556 bits per heavy atom. The van der Waals surface area contributed by atoms with Crippen molar-refractivity contribution in [2.45, 2.75) is 184 Å². The van der Waals surface area contributed by atoms with Gasteiger partial charge in [0.25, 0.3) is 0 Å². The summed E-state index contributed by atoms with van der Waals surface area (Å²) in [6, 6.07) is 0. The Hall–Kier alpha value is -3.46. The minimum absolute atomic E-state index is 0.00666. The SMILES string of the molecule is CC/C=C\C/C=C\C/C=C\C/C=C\CCCCCCCCC(=O)O[C@H](COC(=O)CCC[C@H](O)[C@@H](O)\C=C/C=C\C=C\C=C\[C@H](O)C/C=C\CC)COP(=O)(O)O[C@H]1C(O)C(O)C(O)[C@@H](OP(=O)(O)O)C1O. The summed E-state index contributed by atoms with van der Waals surface area (Å²) in [5, 5.41) is 71.9. The molecule has 410 valence electrons. The van der Waals surface area contributed by atoms with Gasteiger partial charge < -0.3 is 59.9 Å². The van der Waals surface area contributed by atoms with Crippen LogP contribution in [0.15, 0.2) is 109 Å². The summed E-state index contributed by atoms with van der Waals surface area (Å²) in [6.07, 6.45) is 26.7. The fraction of sp³-hybridized carbons (Fsp3) is 0.608. The number of rotatable bonds is 39. The molecule has 1 aliphatic carbocycles. The van der Waals surface area contributed by atoms with Gasteiger partial charge in [-0.1, -0.05) is 149 Å². The number of carbonyl (C=O) groups excluding carboxylic acids is 2. The number of hydrogen-bond acceptors (Lipinski definition) is 16. The molecule has 0 aromatic heterocycles. The van der Waals surface area contributed by atoms with Crippen LogP contribution in [0.2, 0.25) is 0 Å². The van der Waals surface area contributed by atoms with E-state index in [1.807, 2.05) is 19.1 Å². The molecule has 0 aliphatic heterocycles. The van der Waals surface area contributed by atoms with Gasteiger partial charge >= 0.3 is 27.6 Å². The van der Waals surface area contributed by atoms with Crippen molar-refractivity contribution >= 4 is 27.6 Å². The highest BCUT2D eigenvalue weighted by Gasteiger charge is 2.54. The number of ether oxygens (including phenoxy) is 2. The van der Waals surface area contributed by atoms with Crippen LogP contribution in [0.4, 0.5) is 0 Å². The highest BCUT2D eigenvalue weighted by molar-refractivity contribution is 7.47. The second-order valence-corrected chi connectivity index (χ2v) is 19.6. The lowest BCUT2D eigenvalue weighted by atomic mass is 9.85. The predicted molar refractivity (Wildman–Crippen MR) is 273 cm³/mol. The second-order valence-electron chi connectivity index (χ2n) is 17.0. The maximum atomic E-state index is 13.0. The van der Waals surface area contributed by atoms with Crippen LogP contribution in [-0.4, -0.2) is 137 Å². The molecule has 5 unspecified atom stereocenters. The molecular weight excluding hydrogens is 978 g/mol. The number of unbranched alkanes of at least 4 members (excludes halogenated alkanes) is 6. The van der Waals surface area contributed by atoms with Crippen molar-refractivity contribution in [1.82, 2.24) is 0 Å². The molecule has 1 aliphatic rings. The molecule has 1 saturated carbocycles. The Bertz CT molecular complexity index is 1850. The zero-order valence-corrected chi connectivity index (χ0v) is 43.4. The quantitative estimate of drug-likeness (QED) is 0.0101. The molecule has 0 bridgehead atoms. The van der Waals surface area contributed by atoms with Crippen LogP contribution < -0.4 is 0 Å². The summed E-state index contributed by atoms with van der Waals surface area (Å²) in [5.74, 6) is -1.57. The molecule has 1 fully saturated rings. The van der Waals surface area contributed by atoms with Crippen molar-refractivity contribution in [3.63, 3.8) is 0 Å². The summed E-state index contributed by atoms with van der Waals surface area (Å²) in [6.45, 7) is 2.49. The summed E-state index contributed by atoms with van der Waals surface area (Å²) >= 11 is 0. The van der Waals surface area contributed by atoms with E-state index in [1.54, 1.807) is 36.5 Å². The molecule has 0 heterocycles. The molecule has 10 N–H and O–H groups in total. The summed E-state index contributed by atoms with van der Waals surface area (Å²) in [4.78, 5) is 54.4. The van der Waals surface area contributed by atoms with E-state index in [4.69, 9.17) is 18.5 Å². The van der Waals surface area contributed by atoms with Crippen LogP contribution in [0.3, 0.4) is 0 Å². The van der Waals surface area contributed by atoms with Crippen molar-refractivity contribution in [3.8, 4) is 0 Å². The maximum Gasteiger partial charge on any atom is 0.472 e. The van der Waals surface area contributed by atoms with Crippen LogP contribution in [0.1, 0.15) is 123 Å². The van der Waals surface area contributed by atoms with Gasteiger partial charge in [-0.05, 0) is 70.6 Å². The predicted octanol–water partition coefficient (Wildman–Crippen LogP) is 6.64. The van der Waals surface area contributed by atoms with E-state index < -0.39 is 102 Å². The minimum Gasteiger partial charge on any atom is -0.462 e. The number of esters is 2. The van der Waals surface area contributed by atoms with E-state index in [9.17, 15) is 69.1 Å². The Morgan fingerprint density at radius 3 is 1.68 bits per heavy atom. The van der Waals surface area contributed by atoms with Gasteiger partial charge in [0, 0.05) is 12.8 Å². The van der Waals surface area contributed by atoms with Crippen LogP contribution in [0, 0.1) is 0 Å². The first-order valence-electron chi connectivity index (χ1n) is 24.8. The molecule has 0 aromatic rings. The summed E-state index contributed by atoms with van der Waals surface area (Å²) in [7, 11) is -10.8. The Morgan fingerprint density at radius 2 is 1.07 bits per heavy atom. The van der Waals surface area contributed by atoms with Crippen molar-refractivity contribution < 1.29 is 92.2 Å². The van der Waals surface area contributed by atoms with Crippen LogP contribution >= 0.6 is 15.6 Å². The maximum absolute atomic E-state index is 13.0. The number of hydrogen-bond donors (Lipinski definition) is 10. The Balaban J connectivity index is 2.72. The van der Waals surface area contributed by atoms with Crippen LogP contribution in [-0.2, 0) is 41.8 Å². The van der Waals surface area contributed by atoms with Crippen molar-refractivity contribution in [2.75, 3.05) is 13.2 Å². The van der Waals surface area contributed by atoms with E-state index in [-0.39, 0.29) is 25.7 Å². The number of phosphoric acid groups is 2. The second kappa shape index (κ2) is 39.9. The molecule has 0 saturated heterocycles. The molecule has 1 rings (SSSR count). The van der Waals surface area contributed by atoms with Gasteiger partial charge in [-0.15, -0.1) is 0 Å². The molecule has 0 spiro atoms. The highest BCUT2D eigenvalue weighted by atomic mass is 31.2. The average molecular weight is 1060 g/mol. The topological polar surface area (TPSA) is 317 Å². The molecule has 11 atom stereocenters. The Kier molecular flexibility index (Phi) is 36.9. The lowest BCUT2D eigenvalue weighted by Crippen LogP contribution is -2.64. The normalized spacial score (nSPS) is 23.0. The zero-order valence-electron chi connectivity index (χ0n) is 41.6. The fourth-order valence-electron chi connectivity index (χ4n) is 6.77. The van der Waals surface area contributed by atoms with Gasteiger partial charge in [-0.2, -0.15) is 0 Å². The zero-order chi connectivity index (χ0) is 53.6. The molecule has 19 nitrogen and oxygen atoms in total. The van der Waals surface area contributed by atoms with Crippen LogP contribution in [0.5, 0.6) is 0 Å². The first kappa shape index (κ1) is 66.6. The number of phosphoric ester groups is 2. The third-order valence-electron chi connectivity index (χ3n) is 10.7. The molecule has 0 radical (unpaired) electrons. The van der Waals surface area contributed by atoms with Gasteiger partial charge in [-0.3, -0.25) is 23.2 Å². The van der Waals surface area contributed by atoms with E-state index in [0.29, 0.717) is 19.3 Å². The third-order valence-corrected chi connectivity index (χ3v) is 12.2. The molecule has 0 amide bonds. The van der Waals surface area contributed by atoms with Crippen molar-refractivity contribution in [3.05, 3.63) is 109 Å². The van der Waals surface area contributed by atoms with Gasteiger partial charge in [0.2, 0.25) is 0 Å². The lowest BCUT2D eigenvalue weighted by molar-refractivity contribution is -0.216. The van der Waals surface area contributed by atoms with E-state index in [2.05, 4.69) is 60.1 Å². The molecule has 21 heteroatoms. The largest absolute Gasteiger partial charge is 0.472 e. The number of carbonyl (C=O) groups is 2. The summed E-state index contributed by atoms with van der Waals surface area (Å²) in [5.41, 5.74) is 0. The van der Waals surface area contributed by atoms with E-state index >= 15 is 0 Å². The minimum atomic E-state index is -5.41. The van der Waals surface area contributed by atoms with Gasteiger partial charge in [-0.25, -0.2) is 9.13 Å². The summed E-state index contributed by atoms with van der Waals surface area (Å²) < 4.78 is 49.2. The number of aliphatic hydroxyl groups excluding tert-OH is 7. The first-order chi connectivity index (χ1) is 34.3. The van der Waals surface area contributed by atoms with Gasteiger partial charge in [0.1, 0.15) is 43.2 Å². The number of allylic oxidation sites excluding steroid dienone is 15. The van der Waals surface area contributed by atoms with Gasteiger partial charge in [0.05, 0.1) is 24.9 Å². The molecule has 0 aromatic carbocycles. The first-order valence-corrected chi connectivity index (χ1v) is 27.8. The standard InChI is InChI=1S/C51H82O19P2/c1-3-5-7-8-9-10-11-12-13-14-15-16-17-18-19-20-21-26-30-36-45(56)68-41(39-67-72(64,65)70-51-48(59)46(57)47(58)50(49(51)60)69-71(61,62)63)38-66-44(55)37-31-35-43(54)42(53)34-29-25-23-22-24-28-33-40(52)32-27-6-4-2/h5-7,9-10,12-13,15-16,22-25,27-29,33-34,40-43,46-54,57-60H,3-4,8,11,14,17-21,26,30-32,35-39H2,1-2H3,(H,64,65)(H2,61,62,63)/b7-5-,10-9-,13-12-,16-15-,24-22+,25-23-,27-6-,33-28+,34-29-/t40-,41-,42+,43+,46?,47?,48?,49?,50-,51+/m1/s1. The van der Waals surface area contributed by atoms with Crippen molar-refractivity contribution in [2.24, 2.45) is 0 Å². The van der Waals surface area contributed by atoms with Crippen LogP contribution in [0.25, 0.3) is 0 Å². The monoisotopic (exact) mass is 1060 g/mol. The van der Waals surface area contributed by atoms with E-state index in [1.165, 1.54) is 12.2 Å². The number of aliphatic hydroxyl groups is 7. The molecule has 72 heavy (non-hydrogen) atoms. The van der Waals surface area contributed by atoms with Crippen molar-refractivity contribution in [1.29, 1.82) is 0 Å².